The van der Waals surface area contributed by atoms with E-state index in [9.17, 15) is 4.79 Å². The zero-order chi connectivity index (χ0) is 25.2. The first-order chi connectivity index (χ1) is 18.8. The Hall–Kier alpha value is -4.73. The summed E-state index contributed by atoms with van der Waals surface area (Å²) in [6.07, 6.45) is 0. The third-order valence-electron chi connectivity index (χ3n) is 7.64. The van der Waals surface area contributed by atoms with Crippen LogP contribution in [0.4, 0.5) is 0 Å². The number of benzene rings is 6. The molecule has 0 amide bonds. The van der Waals surface area contributed by atoms with Gasteiger partial charge in [-0.25, -0.2) is 0 Å². The summed E-state index contributed by atoms with van der Waals surface area (Å²) in [5, 5.41) is 11.3. The maximum atomic E-state index is 13.7. The number of aromatic nitrogens is 1. The maximum absolute atomic E-state index is 13.7. The quantitative estimate of drug-likeness (QED) is 0.215. The molecule has 2 aromatic heterocycles. The fourth-order valence-corrected chi connectivity index (χ4v) is 6.93. The van der Waals surface area contributed by atoms with Gasteiger partial charge in [0.15, 0.2) is 0 Å². The van der Waals surface area contributed by atoms with E-state index in [0.29, 0.717) is 0 Å². The highest BCUT2D eigenvalue weighted by Gasteiger charge is 2.15. The summed E-state index contributed by atoms with van der Waals surface area (Å²) in [5.74, 6) is 0. The van der Waals surface area contributed by atoms with Crippen LogP contribution in [0.1, 0.15) is 0 Å². The molecule has 2 heterocycles. The fraction of sp³-hybridized carbons (Fsp3) is 0. The van der Waals surface area contributed by atoms with Gasteiger partial charge in [-0.15, -0.1) is 11.3 Å². The molecule has 0 aliphatic heterocycles. The van der Waals surface area contributed by atoms with Crippen LogP contribution >= 0.6 is 11.3 Å². The first kappa shape index (κ1) is 21.4. The van der Waals surface area contributed by atoms with E-state index in [4.69, 9.17) is 0 Å². The van der Waals surface area contributed by atoms with Crippen molar-refractivity contribution in [3.63, 3.8) is 0 Å². The van der Waals surface area contributed by atoms with Crippen LogP contribution in [0.25, 0.3) is 69.4 Å². The first-order valence-corrected chi connectivity index (χ1v) is 13.6. The maximum Gasteiger partial charge on any atom is 0.264 e. The van der Waals surface area contributed by atoms with Crippen molar-refractivity contribution in [2.75, 3.05) is 0 Å². The minimum Gasteiger partial charge on any atom is -0.268 e. The number of hydrogen-bond acceptors (Lipinski definition) is 2. The fourth-order valence-electron chi connectivity index (χ4n) is 5.91. The van der Waals surface area contributed by atoms with Crippen LogP contribution in [0.3, 0.4) is 0 Å². The van der Waals surface area contributed by atoms with E-state index < -0.39 is 0 Å². The molecule has 0 radical (unpaired) electrons. The Morgan fingerprint density at radius 3 is 1.61 bits per heavy atom. The van der Waals surface area contributed by atoms with Gasteiger partial charge in [-0.1, -0.05) is 97.1 Å². The summed E-state index contributed by atoms with van der Waals surface area (Å²) in [6, 6.07) is 44.3. The molecule has 0 N–H and O–H groups in total. The molecular formula is C35H21NOS. The highest BCUT2D eigenvalue weighted by Crippen LogP contribution is 2.39. The van der Waals surface area contributed by atoms with Gasteiger partial charge in [-0.05, 0) is 73.6 Å². The number of fused-ring (bicyclic) bond motifs is 9. The lowest BCUT2D eigenvalue weighted by Gasteiger charge is -2.12. The summed E-state index contributed by atoms with van der Waals surface area (Å²) < 4.78 is 1.87. The molecule has 8 rings (SSSR count). The van der Waals surface area contributed by atoms with Crippen molar-refractivity contribution >= 4 is 65.3 Å². The molecule has 178 valence electrons. The van der Waals surface area contributed by atoms with Gasteiger partial charge in [-0.3, -0.25) is 9.36 Å². The number of para-hydroxylation sites is 1. The number of hydrogen-bond donors (Lipinski definition) is 0. The first-order valence-electron chi connectivity index (χ1n) is 12.7. The van der Waals surface area contributed by atoms with E-state index >= 15 is 0 Å². The highest BCUT2D eigenvalue weighted by atomic mass is 32.1. The van der Waals surface area contributed by atoms with Gasteiger partial charge in [0.25, 0.3) is 5.56 Å². The molecule has 2 nitrogen and oxygen atoms in total. The van der Waals surface area contributed by atoms with E-state index in [2.05, 4.69) is 84.9 Å². The minimum atomic E-state index is 0.0173. The monoisotopic (exact) mass is 503 g/mol. The number of thiophene rings is 1. The lowest BCUT2D eigenvalue weighted by Crippen LogP contribution is -2.18. The summed E-state index contributed by atoms with van der Waals surface area (Å²) in [6.45, 7) is 0. The van der Waals surface area contributed by atoms with Crippen molar-refractivity contribution in [2.24, 2.45) is 0 Å². The Morgan fingerprint density at radius 2 is 0.947 bits per heavy atom. The van der Waals surface area contributed by atoms with E-state index in [0.717, 1.165) is 37.1 Å². The second kappa shape index (κ2) is 8.14. The van der Waals surface area contributed by atoms with Crippen LogP contribution < -0.4 is 5.56 Å². The van der Waals surface area contributed by atoms with Crippen molar-refractivity contribution in [2.45, 2.75) is 0 Å². The molecule has 0 unspecified atom stereocenters. The van der Waals surface area contributed by atoms with Crippen LogP contribution in [0.15, 0.2) is 132 Å². The molecule has 8 aromatic rings. The third-order valence-corrected chi connectivity index (χ3v) is 8.76. The molecule has 0 spiro atoms. The van der Waals surface area contributed by atoms with Crippen molar-refractivity contribution in [3.05, 3.63) is 138 Å². The Bertz CT molecular complexity index is 2240. The minimum absolute atomic E-state index is 0.0173. The van der Waals surface area contributed by atoms with E-state index in [1.54, 1.807) is 11.3 Å². The molecule has 38 heavy (non-hydrogen) atoms. The summed E-state index contributed by atoms with van der Waals surface area (Å²) in [5.41, 5.74) is 2.11. The van der Waals surface area contributed by atoms with Crippen LogP contribution in [0, 0.1) is 0 Å². The van der Waals surface area contributed by atoms with Crippen LogP contribution in [0.5, 0.6) is 0 Å². The van der Waals surface area contributed by atoms with Gasteiger partial charge >= 0.3 is 0 Å². The Morgan fingerprint density at radius 1 is 0.447 bits per heavy atom. The summed E-state index contributed by atoms with van der Waals surface area (Å²) in [4.78, 5) is 14.8. The predicted octanol–water partition coefficient (Wildman–Crippen LogP) is 9.33. The van der Waals surface area contributed by atoms with Crippen molar-refractivity contribution in [3.8, 4) is 15.4 Å². The number of nitrogens with zero attached hydrogens (tertiary/aromatic N) is 1. The summed E-state index contributed by atoms with van der Waals surface area (Å²) in [7, 11) is 0. The lowest BCUT2D eigenvalue weighted by atomic mass is 9.93. The van der Waals surface area contributed by atoms with E-state index in [1.807, 2.05) is 47.0 Å². The smallest absolute Gasteiger partial charge is 0.264 e. The summed E-state index contributed by atoms with van der Waals surface area (Å²) >= 11 is 1.66. The SMILES string of the molecule is O=c1c2ccccc2c2ccccc2n1-c1ccc(-c2ccc3c4ccccc4c4ccccc4c3c2)s1. The van der Waals surface area contributed by atoms with E-state index in [-0.39, 0.29) is 5.56 Å². The molecule has 0 fully saturated rings. The van der Waals surface area contributed by atoms with E-state index in [1.165, 1.54) is 32.3 Å². The topological polar surface area (TPSA) is 22.0 Å². The Labute approximate surface area is 222 Å². The second-order valence-electron chi connectivity index (χ2n) is 9.69. The van der Waals surface area contributed by atoms with Gasteiger partial charge in [0.1, 0.15) is 5.00 Å². The molecule has 0 saturated carbocycles. The van der Waals surface area contributed by atoms with Gasteiger partial charge in [0, 0.05) is 15.6 Å². The molecular weight excluding hydrogens is 482 g/mol. The van der Waals surface area contributed by atoms with Crippen LogP contribution in [0.2, 0.25) is 0 Å². The largest absolute Gasteiger partial charge is 0.268 e. The Balaban J connectivity index is 1.36. The number of pyridine rings is 1. The predicted molar refractivity (Wildman–Crippen MR) is 163 cm³/mol. The number of rotatable bonds is 2. The molecule has 0 atom stereocenters. The van der Waals surface area contributed by atoms with Crippen molar-refractivity contribution in [1.29, 1.82) is 0 Å². The van der Waals surface area contributed by atoms with Crippen LogP contribution in [-0.2, 0) is 0 Å². The second-order valence-corrected chi connectivity index (χ2v) is 10.8. The zero-order valence-electron chi connectivity index (χ0n) is 20.4. The molecule has 0 saturated heterocycles. The van der Waals surface area contributed by atoms with Crippen molar-refractivity contribution in [1.82, 2.24) is 4.57 Å². The molecule has 6 aromatic carbocycles. The average molecular weight is 504 g/mol. The molecule has 3 heteroatoms. The highest BCUT2D eigenvalue weighted by molar-refractivity contribution is 7.18. The zero-order valence-corrected chi connectivity index (χ0v) is 21.2. The average Bonchev–Trinajstić information content (AvgIpc) is 3.47. The standard InChI is InChI=1S/C35H21NOS/c37-35-30-15-6-5-13-27(30)29-14-7-8-16-32(29)36(35)34-20-19-33(38-34)22-17-18-28-25-11-2-1-9-23(25)24-10-3-4-12-26(24)31(28)21-22/h1-21H. The van der Waals surface area contributed by atoms with Crippen LogP contribution in [-0.4, -0.2) is 4.57 Å². The van der Waals surface area contributed by atoms with Gasteiger partial charge < -0.3 is 0 Å². The van der Waals surface area contributed by atoms with Gasteiger partial charge in [-0.2, -0.15) is 0 Å². The molecule has 0 bridgehead atoms. The third kappa shape index (κ3) is 3.03. The Kier molecular flexibility index (Phi) is 4.58. The molecule has 0 aliphatic rings. The van der Waals surface area contributed by atoms with Crippen molar-refractivity contribution < 1.29 is 0 Å². The molecule has 0 aliphatic carbocycles. The van der Waals surface area contributed by atoms with Gasteiger partial charge in [0.2, 0.25) is 0 Å². The van der Waals surface area contributed by atoms with Gasteiger partial charge in [0.05, 0.1) is 5.52 Å². The normalized spacial score (nSPS) is 11.8. The lowest BCUT2D eigenvalue weighted by molar-refractivity contribution is 1.09.